The van der Waals surface area contributed by atoms with Crippen molar-refractivity contribution in [1.82, 2.24) is 4.98 Å². The molecule has 1 aromatic heterocycles. The van der Waals surface area contributed by atoms with Crippen molar-refractivity contribution in [3.05, 3.63) is 64.2 Å². The summed E-state index contributed by atoms with van der Waals surface area (Å²) in [6.45, 7) is 0.695. The number of halogens is 6. The van der Waals surface area contributed by atoms with Gasteiger partial charge in [-0.25, -0.2) is 4.98 Å². The van der Waals surface area contributed by atoms with Gasteiger partial charge in [-0.1, -0.05) is 12.1 Å². The van der Waals surface area contributed by atoms with Crippen molar-refractivity contribution < 1.29 is 70.5 Å². The number of rotatable bonds is 7. The molecular formula is C21H14F6NNaO3S2. The number of nitrogens with zero attached hydrogens (tertiary/aromatic N) is 1. The molecule has 3 aromatic rings. The van der Waals surface area contributed by atoms with E-state index in [-0.39, 0.29) is 40.2 Å². The Morgan fingerprint density at radius 2 is 1.71 bits per heavy atom. The molecule has 0 fully saturated rings. The maximum atomic E-state index is 13.3. The Morgan fingerprint density at radius 3 is 2.26 bits per heavy atom. The van der Waals surface area contributed by atoms with Crippen LogP contribution in [0, 0.1) is 6.92 Å². The first-order chi connectivity index (χ1) is 15.3. The molecule has 0 bridgehead atoms. The summed E-state index contributed by atoms with van der Waals surface area (Å²) in [4.78, 5) is 15.9. The monoisotopic (exact) mass is 529 g/mol. The molecule has 34 heavy (non-hydrogen) atoms. The van der Waals surface area contributed by atoms with Gasteiger partial charge in [0.2, 0.25) is 0 Å². The summed E-state index contributed by atoms with van der Waals surface area (Å²) in [6, 6.07) is 7.84. The second-order valence-corrected chi connectivity index (χ2v) is 8.84. The molecule has 1 heterocycles. The topological polar surface area (TPSA) is 62.2 Å². The summed E-state index contributed by atoms with van der Waals surface area (Å²) in [6.07, 6.45) is -9.20. The number of hydrogen-bond acceptors (Lipinski definition) is 6. The fourth-order valence-electron chi connectivity index (χ4n) is 2.72. The zero-order chi connectivity index (χ0) is 24.4. The van der Waals surface area contributed by atoms with Crippen LogP contribution in [-0.2, 0) is 22.9 Å². The Labute approximate surface area is 220 Å². The summed E-state index contributed by atoms with van der Waals surface area (Å²) in [5.41, 5.74) is -0.767. The molecule has 4 nitrogen and oxygen atoms in total. The van der Waals surface area contributed by atoms with Crippen LogP contribution in [0.5, 0.6) is 5.75 Å². The van der Waals surface area contributed by atoms with Gasteiger partial charge in [-0.05, 0) is 37.3 Å². The molecule has 0 saturated carbocycles. The maximum absolute atomic E-state index is 13.3. The first-order valence-corrected chi connectivity index (χ1v) is 11.0. The van der Waals surface area contributed by atoms with Crippen molar-refractivity contribution >= 4 is 29.1 Å². The molecule has 176 valence electrons. The summed E-state index contributed by atoms with van der Waals surface area (Å²) in [5.74, 6) is -1.98. The van der Waals surface area contributed by atoms with E-state index in [0.29, 0.717) is 16.3 Å². The van der Waals surface area contributed by atoms with E-state index in [0.717, 1.165) is 40.9 Å². The molecular weight excluding hydrogens is 515 g/mol. The minimum atomic E-state index is -4.76. The number of carboxylic acids is 1. The Hall–Kier alpha value is -1.73. The third-order valence-electron chi connectivity index (χ3n) is 4.32. The van der Waals surface area contributed by atoms with Crippen LogP contribution in [0.25, 0.3) is 10.6 Å². The second kappa shape index (κ2) is 11.3. The normalized spacial score (nSPS) is 11.7. The van der Waals surface area contributed by atoms with E-state index < -0.39 is 41.8 Å². The van der Waals surface area contributed by atoms with Gasteiger partial charge in [0.25, 0.3) is 0 Å². The molecule has 0 saturated heterocycles. The van der Waals surface area contributed by atoms with Crippen molar-refractivity contribution in [3.8, 4) is 16.3 Å². The Balaban J connectivity index is 0.00000408. The molecule has 0 amide bonds. The van der Waals surface area contributed by atoms with E-state index in [1.807, 2.05) is 0 Å². The van der Waals surface area contributed by atoms with E-state index in [4.69, 9.17) is 0 Å². The predicted molar refractivity (Wildman–Crippen MR) is 109 cm³/mol. The minimum absolute atomic E-state index is 0. The Morgan fingerprint density at radius 1 is 1.06 bits per heavy atom. The van der Waals surface area contributed by atoms with Gasteiger partial charge in [-0.2, -0.15) is 26.3 Å². The SMILES string of the molecule is Cc1nc(-c2ccc(C(F)(F)F)cc2)sc1CSc1ccc(OCC(=O)[O-])c(C(F)(F)F)c1.[Na+]. The largest absolute Gasteiger partial charge is 1.00 e. The number of aliphatic carboxylic acids is 1. The average Bonchev–Trinajstić information content (AvgIpc) is 3.10. The van der Waals surface area contributed by atoms with Crippen molar-refractivity contribution in [3.63, 3.8) is 0 Å². The van der Waals surface area contributed by atoms with E-state index >= 15 is 0 Å². The van der Waals surface area contributed by atoms with Crippen molar-refractivity contribution in [2.24, 2.45) is 0 Å². The zero-order valence-electron chi connectivity index (χ0n) is 17.7. The van der Waals surface area contributed by atoms with Gasteiger partial charge < -0.3 is 14.6 Å². The fourth-order valence-corrected chi connectivity index (χ4v) is 4.87. The van der Waals surface area contributed by atoms with E-state index in [1.54, 1.807) is 6.92 Å². The molecule has 0 radical (unpaired) electrons. The van der Waals surface area contributed by atoms with Crippen LogP contribution in [0.4, 0.5) is 26.3 Å². The van der Waals surface area contributed by atoms with Crippen LogP contribution < -0.4 is 39.4 Å². The maximum Gasteiger partial charge on any atom is 1.00 e. The van der Waals surface area contributed by atoms with Crippen LogP contribution in [-0.4, -0.2) is 17.6 Å². The number of carbonyl (C=O) groups excluding carboxylic acids is 1. The summed E-state index contributed by atoms with van der Waals surface area (Å²) < 4.78 is 82.9. The second-order valence-electron chi connectivity index (χ2n) is 6.71. The molecule has 0 unspecified atom stereocenters. The van der Waals surface area contributed by atoms with Crippen LogP contribution in [0.3, 0.4) is 0 Å². The number of hydrogen-bond donors (Lipinski definition) is 0. The number of aryl methyl sites for hydroxylation is 1. The number of carbonyl (C=O) groups is 1. The molecule has 2 aromatic carbocycles. The minimum Gasteiger partial charge on any atom is -0.546 e. The molecule has 13 heteroatoms. The zero-order valence-corrected chi connectivity index (χ0v) is 21.3. The number of carboxylic acid groups (broad SMARTS) is 1. The first-order valence-electron chi connectivity index (χ1n) is 9.15. The van der Waals surface area contributed by atoms with Gasteiger partial charge in [-0.3, -0.25) is 0 Å². The number of thioether (sulfide) groups is 1. The van der Waals surface area contributed by atoms with Crippen LogP contribution in [0.2, 0.25) is 0 Å². The van der Waals surface area contributed by atoms with E-state index in [9.17, 15) is 36.2 Å². The van der Waals surface area contributed by atoms with Gasteiger partial charge in [-0.15, -0.1) is 23.1 Å². The molecule has 0 aliphatic heterocycles. The van der Waals surface area contributed by atoms with Crippen LogP contribution >= 0.6 is 23.1 Å². The molecule has 0 spiro atoms. The number of benzene rings is 2. The Kier molecular flexibility index (Phi) is 9.51. The smallest absolute Gasteiger partial charge is 0.546 e. The third kappa shape index (κ3) is 7.38. The first kappa shape index (κ1) is 28.5. The molecule has 0 aliphatic carbocycles. The van der Waals surface area contributed by atoms with Crippen LogP contribution in [0.15, 0.2) is 47.4 Å². The number of alkyl halides is 6. The van der Waals surface area contributed by atoms with Crippen molar-refractivity contribution in [2.75, 3.05) is 6.61 Å². The summed E-state index contributed by atoms with van der Waals surface area (Å²) >= 11 is 2.34. The van der Waals surface area contributed by atoms with Crippen molar-refractivity contribution in [2.45, 2.75) is 29.9 Å². The third-order valence-corrected chi connectivity index (χ3v) is 6.73. The van der Waals surface area contributed by atoms with Gasteiger partial charge in [0.15, 0.2) is 0 Å². The number of ether oxygens (including phenoxy) is 1. The number of thiazole rings is 1. The predicted octanol–water partition coefficient (Wildman–Crippen LogP) is 2.58. The van der Waals surface area contributed by atoms with Crippen molar-refractivity contribution in [1.29, 1.82) is 0 Å². The quantitative estimate of drug-likeness (QED) is 0.268. The Bertz CT molecular complexity index is 1150. The molecule has 0 atom stereocenters. The summed E-state index contributed by atoms with van der Waals surface area (Å²) in [7, 11) is 0. The van der Waals surface area contributed by atoms with Gasteiger partial charge in [0.05, 0.1) is 22.8 Å². The standard InChI is InChI=1S/C21H15F6NO3S2.Na/c1-11-17(33-19(28-11)12-2-4-13(5-3-12)20(22,23)24)10-32-14-6-7-16(31-9-18(29)30)15(8-14)21(25,26)27;/h2-8H,9-10H2,1H3,(H,29,30);/q;+1/p-1. The van der Waals surface area contributed by atoms with Gasteiger partial charge in [0.1, 0.15) is 17.4 Å². The van der Waals surface area contributed by atoms with Gasteiger partial charge >= 0.3 is 41.9 Å². The van der Waals surface area contributed by atoms with E-state index in [1.165, 1.54) is 29.5 Å². The van der Waals surface area contributed by atoms with E-state index in [2.05, 4.69) is 9.72 Å². The number of aromatic nitrogens is 1. The molecule has 0 aliphatic rings. The van der Waals surface area contributed by atoms with Crippen LogP contribution in [0.1, 0.15) is 21.7 Å². The molecule has 0 N–H and O–H groups in total. The summed E-state index contributed by atoms with van der Waals surface area (Å²) in [5, 5.41) is 11.0. The average molecular weight is 529 g/mol. The fraction of sp³-hybridized carbons (Fsp3) is 0.238. The van der Waals surface area contributed by atoms with Gasteiger partial charge in [0, 0.05) is 21.1 Å². The molecule has 3 rings (SSSR count).